The average Bonchev–Trinajstić information content (AvgIpc) is 2.81. The van der Waals surface area contributed by atoms with Crippen LogP contribution in [0, 0.1) is 0 Å². The Morgan fingerprint density at radius 2 is 2.11 bits per heavy atom. The van der Waals surface area contributed by atoms with Gasteiger partial charge >= 0.3 is 12.0 Å². The van der Waals surface area contributed by atoms with Gasteiger partial charge in [-0.25, -0.2) is 4.79 Å². The van der Waals surface area contributed by atoms with Crippen LogP contribution >= 0.6 is 0 Å². The lowest BCUT2D eigenvalue weighted by Crippen LogP contribution is -2.51. The summed E-state index contributed by atoms with van der Waals surface area (Å²) in [4.78, 5) is 24.2. The monoisotopic (exact) mass is 254 g/mol. The molecule has 1 unspecified atom stereocenters. The summed E-state index contributed by atoms with van der Waals surface area (Å²) in [7, 11) is 0. The van der Waals surface area contributed by atoms with Crippen molar-refractivity contribution in [2.24, 2.45) is 0 Å². The predicted molar refractivity (Wildman–Crippen MR) is 64.3 cm³/mol. The van der Waals surface area contributed by atoms with Crippen molar-refractivity contribution >= 4 is 12.0 Å². The van der Waals surface area contributed by atoms with E-state index >= 15 is 0 Å². The van der Waals surface area contributed by atoms with E-state index in [-0.39, 0.29) is 18.5 Å². The number of hydrogen-bond acceptors (Lipinski definition) is 3. The number of rotatable bonds is 3. The average molecular weight is 254 g/mol. The standard InChI is InChI=1S/C12H18N2O4/c15-11(16)7-10-8-14(5-6-18-10)12(17)13-9-3-1-2-4-9/h1-2,9-10H,3-8H2,(H,13,17)(H,15,16). The van der Waals surface area contributed by atoms with Crippen molar-refractivity contribution in [2.45, 2.75) is 31.4 Å². The number of aliphatic carboxylic acids is 1. The predicted octanol–water partition coefficient (Wildman–Crippen LogP) is 0.590. The molecule has 0 aromatic heterocycles. The molecule has 2 amide bonds. The van der Waals surface area contributed by atoms with E-state index < -0.39 is 12.1 Å². The number of morpholine rings is 1. The molecule has 2 rings (SSSR count). The molecule has 1 saturated heterocycles. The van der Waals surface area contributed by atoms with Crippen LogP contribution in [0.3, 0.4) is 0 Å². The maximum atomic E-state index is 12.0. The number of amides is 2. The Hall–Kier alpha value is -1.56. The summed E-state index contributed by atoms with van der Waals surface area (Å²) in [6.07, 6.45) is 5.39. The van der Waals surface area contributed by atoms with Crippen LogP contribution in [-0.4, -0.2) is 53.8 Å². The molecule has 1 atom stereocenters. The van der Waals surface area contributed by atoms with E-state index in [1.54, 1.807) is 4.90 Å². The summed E-state index contributed by atoms with van der Waals surface area (Å²) < 4.78 is 5.32. The zero-order valence-corrected chi connectivity index (χ0v) is 10.2. The zero-order chi connectivity index (χ0) is 13.0. The highest BCUT2D eigenvalue weighted by Crippen LogP contribution is 2.12. The molecule has 6 nitrogen and oxygen atoms in total. The van der Waals surface area contributed by atoms with Crippen LogP contribution in [0.2, 0.25) is 0 Å². The van der Waals surface area contributed by atoms with E-state index in [1.165, 1.54) is 0 Å². The van der Waals surface area contributed by atoms with Crippen molar-refractivity contribution in [2.75, 3.05) is 19.7 Å². The first-order valence-corrected chi connectivity index (χ1v) is 6.19. The molecule has 1 aliphatic carbocycles. The number of carboxylic acid groups (broad SMARTS) is 1. The lowest BCUT2D eigenvalue weighted by molar-refractivity contribution is -0.141. The summed E-state index contributed by atoms with van der Waals surface area (Å²) in [5, 5.41) is 11.7. The Bertz CT molecular complexity index is 348. The van der Waals surface area contributed by atoms with Crippen molar-refractivity contribution in [1.29, 1.82) is 0 Å². The Morgan fingerprint density at radius 3 is 2.78 bits per heavy atom. The molecule has 2 aliphatic rings. The molecule has 0 aromatic carbocycles. The number of carboxylic acids is 1. The zero-order valence-electron chi connectivity index (χ0n) is 10.2. The number of carbonyl (C=O) groups excluding carboxylic acids is 1. The summed E-state index contributed by atoms with van der Waals surface area (Å²) in [5.74, 6) is -0.901. The van der Waals surface area contributed by atoms with Gasteiger partial charge in [0.15, 0.2) is 0 Å². The summed E-state index contributed by atoms with van der Waals surface area (Å²) >= 11 is 0. The number of carbonyl (C=O) groups is 2. The van der Waals surface area contributed by atoms with Crippen molar-refractivity contribution in [3.05, 3.63) is 12.2 Å². The van der Waals surface area contributed by atoms with Crippen LogP contribution in [0.15, 0.2) is 12.2 Å². The Balaban J connectivity index is 1.80. The minimum Gasteiger partial charge on any atom is -0.481 e. The van der Waals surface area contributed by atoms with Crippen LogP contribution in [0.4, 0.5) is 4.79 Å². The van der Waals surface area contributed by atoms with Gasteiger partial charge < -0.3 is 20.1 Å². The summed E-state index contributed by atoms with van der Waals surface area (Å²) in [6.45, 7) is 1.26. The number of urea groups is 1. The molecular formula is C12H18N2O4. The highest BCUT2D eigenvalue weighted by molar-refractivity contribution is 5.75. The minimum atomic E-state index is -0.901. The molecule has 0 spiro atoms. The molecule has 0 bridgehead atoms. The Kier molecular flexibility index (Phi) is 4.19. The molecule has 0 aromatic rings. The third-order valence-corrected chi connectivity index (χ3v) is 3.16. The highest BCUT2D eigenvalue weighted by atomic mass is 16.5. The Morgan fingerprint density at radius 1 is 1.39 bits per heavy atom. The van der Waals surface area contributed by atoms with E-state index in [1.807, 2.05) is 0 Å². The molecule has 2 N–H and O–H groups in total. The molecule has 1 fully saturated rings. The van der Waals surface area contributed by atoms with E-state index in [0.717, 1.165) is 12.8 Å². The van der Waals surface area contributed by atoms with Gasteiger partial charge in [-0.05, 0) is 12.8 Å². The SMILES string of the molecule is O=C(O)CC1CN(C(=O)NC2CC=CC2)CCO1. The molecular weight excluding hydrogens is 236 g/mol. The van der Waals surface area contributed by atoms with Crippen LogP contribution in [0.5, 0.6) is 0 Å². The molecule has 1 heterocycles. The van der Waals surface area contributed by atoms with Gasteiger partial charge in [-0.3, -0.25) is 4.79 Å². The third-order valence-electron chi connectivity index (χ3n) is 3.16. The highest BCUT2D eigenvalue weighted by Gasteiger charge is 2.27. The lowest BCUT2D eigenvalue weighted by Gasteiger charge is -2.33. The van der Waals surface area contributed by atoms with Crippen LogP contribution in [0.25, 0.3) is 0 Å². The quantitative estimate of drug-likeness (QED) is 0.722. The first-order valence-electron chi connectivity index (χ1n) is 6.19. The fourth-order valence-corrected chi connectivity index (χ4v) is 2.22. The summed E-state index contributed by atoms with van der Waals surface area (Å²) in [5.41, 5.74) is 0. The second-order valence-corrected chi connectivity index (χ2v) is 4.63. The molecule has 18 heavy (non-hydrogen) atoms. The number of hydrogen-bond donors (Lipinski definition) is 2. The molecule has 1 aliphatic heterocycles. The van der Waals surface area contributed by atoms with E-state index in [0.29, 0.717) is 19.7 Å². The van der Waals surface area contributed by atoms with E-state index in [2.05, 4.69) is 17.5 Å². The van der Waals surface area contributed by atoms with Crippen LogP contribution in [-0.2, 0) is 9.53 Å². The second-order valence-electron chi connectivity index (χ2n) is 4.63. The van der Waals surface area contributed by atoms with Crippen molar-refractivity contribution < 1.29 is 19.4 Å². The maximum absolute atomic E-state index is 12.0. The minimum absolute atomic E-state index is 0.0607. The fraction of sp³-hybridized carbons (Fsp3) is 0.667. The van der Waals surface area contributed by atoms with Gasteiger partial charge in [0.05, 0.1) is 19.1 Å². The molecule has 6 heteroatoms. The topological polar surface area (TPSA) is 78.9 Å². The van der Waals surface area contributed by atoms with Crippen molar-refractivity contribution in [1.82, 2.24) is 10.2 Å². The number of nitrogens with one attached hydrogen (secondary N) is 1. The van der Waals surface area contributed by atoms with Gasteiger partial charge in [0.1, 0.15) is 0 Å². The smallest absolute Gasteiger partial charge is 0.317 e. The fourth-order valence-electron chi connectivity index (χ4n) is 2.22. The largest absolute Gasteiger partial charge is 0.481 e. The first kappa shape index (κ1) is 12.9. The van der Waals surface area contributed by atoms with Gasteiger partial charge in [-0.15, -0.1) is 0 Å². The van der Waals surface area contributed by atoms with Gasteiger partial charge in [0.2, 0.25) is 0 Å². The normalized spacial score (nSPS) is 24.2. The first-order chi connectivity index (χ1) is 8.65. The van der Waals surface area contributed by atoms with Crippen LogP contribution < -0.4 is 5.32 Å². The number of nitrogens with zero attached hydrogens (tertiary/aromatic N) is 1. The molecule has 0 radical (unpaired) electrons. The molecule has 100 valence electrons. The van der Waals surface area contributed by atoms with Gasteiger partial charge in [0, 0.05) is 19.1 Å². The third kappa shape index (κ3) is 3.46. The van der Waals surface area contributed by atoms with Gasteiger partial charge in [-0.2, -0.15) is 0 Å². The van der Waals surface area contributed by atoms with E-state index in [4.69, 9.17) is 9.84 Å². The van der Waals surface area contributed by atoms with Crippen LogP contribution in [0.1, 0.15) is 19.3 Å². The maximum Gasteiger partial charge on any atom is 0.317 e. The Labute approximate surface area is 106 Å². The van der Waals surface area contributed by atoms with Crippen molar-refractivity contribution in [3.8, 4) is 0 Å². The number of ether oxygens (including phenoxy) is 1. The van der Waals surface area contributed by atoms with E-state index in [9.17, 15) is 9.59 Å². The lowest BCUT2D eigenvalue weighted by atomic mass is 10.2. The summed E-state index contributed by atoms with van der Waals surface area (Å²) in [6, 6.07) is 0.0562. The van der Waals surface area contributed by atoms with Crippen molar-refractivity contribution in [3.63, 3.8) is 0 Å². The van der Waals surface area contributed by atoms with Gasteiger partial charge in [0.25, 0.3) is 0 Å². The molecule has 0 saturated carbocycles. The van der Waals surface area contributed by atoms with Gasteiger partial charge in [-0.1, -0.05) is 12.2 Å². The second kappa shape index (κ2) is 5.86.